The summed E-state index contributed by atoms with van der Waals surface area (Å²) in [4.78, 5) is 25.5. The number of hydrogen-bond acceptors (Lipinski definition) is 3. The van der Waals surface area contributed by atoms with E-state index in [2.05, 4.69) is 15.9 Å². The number of aliphatic carboxylic acids is 1. The van der Waals surface area contributed by atoms with Gasteiger partial charge in [-0.2, -0.15) is 0 Å². The van der Waals surface area contributed by atoms with Crippen molar-refractivity contribution in [1.82, 2.24) is 4.90 Å². The van der Waals surface area contributed by atoms with Crippen LogP contribution in [0.4, 0.5) is 4.79 Å². The Morgan fingerprint density at radius 3 is 2.71 bits per heavy atom. The van der Waals surface area contributed by atoms with Crippen LogP contribution in [-0.4, -0.2) is 40.8 Å². The Labute approximate surface area is 151 Å². The zero-order valence-corrected chi connectivity index (χ0v) is 15.9. The number of hydrogen-bond donors (Lipinski definition) is 1. The van der Waals surface area contributed by atoms with E-state index in [1.807, 2.05) is 45.0 Å². The summed E-state index contributed by atoms with van der Waals surface area (Å²) in [6.45, 7) is 6.45. The number of rotatable bonds is 4. The van der Waals surface area contributed by atoms with Crippen LogP contribution in [0.1, 0.15) is 32.8 Å². The van der Waals surface area contributed by atoms with Crippen LogP contribution >= 0.6 is 15.9 Å². The molecular weight excluding hydrogens is 374 g/mol. The molecule has 1 aliphatic heterocycles. The van der Waals surface area contributed by atoms with E-state index in [9.17, 15) is 14.7 Å². The molecule has 1 saturated heterocycles. The minimum Gasteiger partial charge on any atom is -0.481 e. The minimum absolute atomic E-state index is 0.0611. The maximum Gasteiger partial charge on any atom is 0.410 e. The number of nitrogens with zero attached hydrogens (tertiary/aromatic N) is 1. The van der Waals surface area contributed by atoms with Crippen molar-refractivity contribution in [3.05, 3.63) is 34.3 Å². The van der Waals surface area contributed by atoms with Gasteiger partial charge in [0.1, 0.15) is 5.60 Å². The first-order valence-corrected chi connectivity index (χ1v) is 8.90. The number of likely N-dealkylation sites (tertiary alicyclic amines) is 1. The number of carbonyl (C=O) groups excluding carboxylic acids is 1. The average Bonchev–Trinajstić information content (AvgIpc) is 2.92. The zero-order chi connectivity index (χ0) is 17.9. The predicted molar refractivity (Wildman–Crippen MR) is 94.9 cm³/mol. The van der Waals surface area contributed by atoms with E-state index in [1.54, 1.807) is 4.90 Å². The van der Waals surface area contributed by atoms with Crippen molar-refractivity contribution < 1.29 is 19.4 Å². The van der Waals surface area contributed by atoms with Crippen LogP contribution in [0.2, 0.25) is 0 Å². The summed E-state index contributed by atoms with van der Waals surface area (Å²) in [6, 6.07) is 7.69. The van der Waals surface area contributed by atoms with Crippen LogP contribution < -0.4 is 0 Å². The molecule has 1 aromatic rings. The van der Waals surface area contributed by atoms with Gasteiger partial charge in [-0.1, -0.05) is 28.1 Å². The predicted octanol–water partition coefficient (Wildman–Crippen LogP) is 3.95. The molecule has 132 valence electrons. The smallest absolute Gasteiger partial charge is 0.410 e. The van der Waals surface area contributed by atoms with E-state index in [1.165, 1.54) is 0 Å². The van der Waals surface area contributed by atoms with Crippen LogP contribution in [0.25, 0.3) is 0 Å². The van der Waals surface area contributed by atoms with Gasteiger partial charge in [-0.3, -0.25) is 4.79 Å². The maximum absolute atomic E-state index is 12.2. The van der Waals surface area contributed by atoms with Gasteiger partial charge < -0.3 is 14.7 Å². The molecule has 0 aliphatic carbocycles. The highest BCUT2D eigenvalue weighted by Gasteiger charge is 2.37. The number of ether oxygens (including phenoxy) is 1. The fourth-order valence-corrected chi connectivity index (χ4v) is 3.43. The van der Waals surface area contributed by atoms with Gasteiger partial charge in [0, 0.05) is 17.6 Å². The van der Waals surface area contributed by atoms with E-state index < -0.39 is 17.5 Å². The molecule has 0 bridgehead atoms. The lowest BCUT2D eigenvalue weighted by atomic mass is 9.86. The summed E-state index contributed by atoms with van der Waals surface area (Å²) in [5.74, 6) is -1.38. The van der Waals surface area contributed by atoms with Crippen molar-refractivity contribution in [2.75, 3.05) is 13.1 Å². The van der Waals surface area contributed by atoms with Crippen molar-refractivity contribution >= 4 is 28.0 Å². The fourth-order valence-electron chi connectivity index (χ4n) is 2.98. The molecule has 1 aromatic carbocycles. The standard InChI is InChI=1S/C18H24BrNO4/c1-18(2,3)24-17(23)20-8-7-13(11-20)15(16(21)22)10-12-5-4-6-14(19)9-12/h4-6,9,13,15H,7-8,10-11H2,1-3H3,(H,21,22)/t13-,15-/m0/s1. The van der Waals surface area contributed by atoms with E-state index in [0.29, 0.717) is 25.9 Å². The number of amides is 1. The average molecular weight is 398 g/mol. The normalized spacial score (nSPS) is 19.2. The third kappa shape index (κ3) is 5.23. The molecule has 2 atom stereocenters. The Bertz CT molecular complexity index is 611. The summed E-state index contributed by atoms with van der Waals surface area (Å²) in [5.41, 5.74) is 0.435. The van der Waals surface area contributed by atoms with Crippen molar-refractivity contribution in [2.45, 2.75) is 39.2 Å². The lowest BCUT2D eigenvalue weighted by Crippen LogP contribution is -2.36. The van der Waals surface area contributed by atoms with Crippen molar-refractivity contribution in [2.24, 2.45) is 11.8 Å². The van der Waals surface area contributed by atoms with Gasteiger partial charge in [0.25, 0.3) is 0 Å². The molecule has 1 N–H and O–H groups in total. The molecular formula is C18H24BrNO4. The zero-order valence-electron chi connectivity index (χ0n) is 14.3. The highest BCUT2D eigenvalue weighted by Crippen LogP contribution is 2.29. The molecule has 1 heterocycles. The summed E-state index contributed by atoms with van der Waals surface area (Å²) in [6.07, 6.45) is 0.780. The third-order valence-corrected chi connectivity index (χ3v) is 4.60. The Kier molecular flexibility index (Phi) is 5.91. The van der Waals surface area contributed by atoms with Crippen LogP contribution in [-0.2, 0) is 16.0 Å². The molecule has 0 spiro atoms. The Morgan fingerprint density at radius 1 is 1.42 bits per heavy atom. The van der Waals surface area contributed by atoms with E-state index >= 15 is 0 Å². The molecule has 6 heteroatoms. The molecule has 24 heavy (non-hydrogen) atoms. The van der Waals surface area contributed by atoms with Crippen molar-refractivity contribution in [3.8, 4) is 0 Å². The monoisotopic (exact) mass is 397 g/mol. The number of benzene rings is 1. The lowest BCUT2D eigenvalue weighted by molar-refractivity contribution is -0.143. The first-order valence-electron chi connectivity index (χ1n) is 8.11. The number of halogens is 1. The number of carboxylic acid groups (broad SMARTS) is 1. The SMILES string of the molecule is CC(C)(C)OC(=O)N1CC[C@H]([C@H](Cc2cccc(Br)c2)C(=O)O)C1. The molecule has 1 aliphatic rings. The third-order valence-electron chi connectivity index (χ3n) is 4.11. The molecule has 1 amide bonds. The van der Waals surface area contributed by atoms with Gasteiger partial charge >= 0.3 is 12.1 Å². The lowest BCUT2D eigenvalue weighted by Gasteiger charge is -2.25. The summed E-state index contributed by atoms with van der Waals surface area (Å²) < 4.78 is 6.31. The number of carbonyl (C=O) groups is 2. The molecule has 0 aromatic heterocycles. The van der Waals surface area contributed by atoms with Crippen LogP contribution in [0.5, 0.6) is 0 Å². The molecule has 2 rings (SSSR count). The van der Waals surface area contributed by atoms with E-state index in [0.717, 1.165) is 10.0 Å². The second-order valence-corrected chi connectivity index (χ2v) is 8.17. The minimum atomic E-state index is -0.814. The molecule has 0 unspecified atom stereocenters. The molecule has 5 nitrogen and oxygen atoms in total. The first kappa shape index (κ1) is 18.8. The second kappa shape index (κ2) is 7.55. The molecule has 0 saturated carbocycles. The highest BCUT2D eigenvalue weighted by molar-refractivity contribution is 9.10. The van der Waals surface area contributed by atoms with Gasteiger partial charge in [0.05, 0.1) is 5.92 Å². The summed E-state index contributed by atoms with van der Waals surface area (Å²) >= 11 is 3.41. The van der Waals surface area contributed by atoms with Gasteiger partial charge in [0.2, 0.25) is 0 Å². The first-order chi connectivity index (χ1) is 11.2. The quantitative estimate of drug-likeness (QED) is 0.834. The van der Waals surface area contributed by atoms with Crippen molar-refractivity contribution in [1.29, 1.82) is 0 Å². The van der Waals surface area contributed by atoms with E-state index in [4.69, 9.17) is 4.74 Å². The fraction of sp³-hybridized carbons (Fsp3) is 0.556. The Morgan fingerprint density at radius 2 is 2.12 bits per heavy atom. The van der Waals surface area contributed by atoms with Crippen LogP contribution in [0.15, 0.2) is 28.7 Å². The largest absolute Gasteiger partial charge is 0.481 e. The number of carboxylic acids is 1. The summed E-state index contributed by atoms with van der Waals surface area (Å²) in [5, 5.41) is 9.63. The topological polar surface area (TPSA) is 66.8 Å². The summed E-state index contributed by atoms with van der Waals surface area (Å²) in [7, 11) is 0. The molecule has 1 fully saturated rings. The van der Waals surface area contributed by atoms with Crippen LogP contribution in [0, 0.1) is 11.8 Å². The van der Waals surface area contributed by atoms with Gasteiger partial charge in [-0.15, -0.1) is 0 Å². The van der Waals surface area contributed by atoms with E-state index in [-0.39, 0.29) is 12.0 Å². The van der Waals surface area contributed by atoms with Gasteiger partial charge in [0.15, 0.2) is 0 Å². The van der Waals surface area contributed by atoms with Gasteiger partial charge in [-0.05, 0) is 57.2 Å². The Hall–Kier alpha value is -1.56. The van der Waals surface area contributed by atoms with Crippen molar-refractivity contribution in [3.63, 3.8) is 0 Å². The Balaban J connectivity index is 2.02. The second-order valence-electron chi connectivity index (χ2n) is 7.25. The highest BCUT2D eigenvalue weighted by atomic mass is 79.9. The van der Waals surface area contributed by atoms with Gasteiger partial charge in [-0.25, -0.2) is 4.79 Å². The maximum atomic E-state index is 12.2. The van der Waals surface area contributed by atoms with Crippen LogP contribution in [0.3, 0.4) is 0 Å². The molecule has 0 radical (unpaired) electrons.